The van der Waals surface area contributed by atoms with E-state index in [0.717, 1.165) is 11.3 Å². The number of nitrogens with zero attached hydrogens (tertiary/aromatic N) is 1. The minimum atomic E-state index is -0.979. The van der Waals surface area contributed by atoms with Crippen molar-refractivity contribution in [2.75, 3.05) is 0 Å². The van der Waals surface area contributed by atoms with Crippen LogP contribution in [-0.2, 0) is 0 Å². The molecule has 0 saturated carbocycles. The second-order valence-corrected chi connectivity index (χ2v) is 4.09. The van der Waals surface area contributed by atoms with Crippen LogP contribution in [0.4, 0.5) is 0 Å². The Labute approximate surface area is 99.5 Å². The van der Waals surface area contributed by atoms with Crippen molar-refractivity contribution in [1.29, 1.82) is 0 Å². The van der Waals surface area contributed by atoms with Crippen LogP contribution in [0.15, 0.2) is 42.6 Å². The zero-order valence-corrected chi connectivity index (χ0v) is 9.65. The van der Waals surface area contributed by atoms with Crippen LogP contribution >= 0.6 is 11.6 Å². The van der Waals surface area contributed by atoms with Gasteiger partial charge in [-0.25, -0.2) is 0 Å². The van der Waals surface area contributed by atoms with Crippen LogP contribution in [-0.4, -0.2) is 10.1 Å². The molecule has 1 unspecified atom stereocenters. The summed E-state index contributed by atoms with van der Waals surface area (Å²) >= 11 is 5.62. The van der Waals surface area contributed by atoms with E-state index < -0.39 is 5.56 Å². The Morgan fingerprint density at radius 3 is 2.50 bits per heavy atom. The maximum atomic E-state index is 9.28. The lowest BCUT2D eigenvalue weighted by atomic mass is 10.1. The van der Waals surface area contributed by atoms with Gasteiger partial charge in [-0.05, 0) is 24.6 Å². The second kappa shape index (κ2) is 4.64. The maximum absolute atomic E-state index is 9.28. The van der Waals surface area contributed by atoms with Crippen molar-refractivity contribution in [3.63, 3.8) is 0 Å². The maximum Gasteiger partial charge on any atom is 0.153 e. The van der Waals surface area contributed by atoms with E-state index in [1.807, 2.05) is 31.2 Å². The minimum absolute atomic E-state index is 0.659. The van der Waals surface area contributed by atoms with Crippen molar-refractivity contribution in [3.8, 4) is 11.3 Å². The van der Waals surface area contributed by atoms with E-state index in [0.29, 0.717) is 5.56 Å². The van der Waals surface area contributed by atoms with Crippen LogP contribution < -0.4 is 0 Å². The van der Waals surface area contributed by atoms with Crippen molar-refractivity contribution in [1.82, 2.24) is 4.98 Å². The Bertz CT molecular complexity index is 480. The van der Waals surface area contributed by atoms with Crippen molar-refractivity contribution in [3.05, 3.63) is 53.7 Å². The largest absolute Gasteiger partial charge is 0.373 e. The minimum Gasteiger partial charge on any atom is -0.373 e. The Kier molecular flexibility index (Phi) is 3.22. The monoisotopic (exact) mass is 233 g/mol. The van der Waals surface area contributed by atoms with Crippen molar-refractivity contribution in [2.24, 2.45) is 0 Å². The van der Waals surface area contributed by atoms with Gasteiger partial charge >= 0.3 is 0 Å². The fourth-order valence-corrected chi connectivity index (χ4v) is 1.61. The molecule has 0 saturated heterocycles. The standard InChI is InChI=1S/C13H12ClNO/c1-9-2-4-10(5-3-9)12-8-11(13(14)16)6-7-15-12/h2-8,13,16H,1H3. The molecular formula is C13H12ClNO. The van der Waals surface area contributed by atoms with E-state index >= 15 is 0 Å². The number of rotatable bonds is 2. The van der Waals surface area contributed by atoms with Crippen LogP contribution in [0.2, 0.25) is 0 Å². The van der Waals surface area contributed by atoms with Gasteiger partial charge in [0, 0.05) is 11.8 Å². The zero-order chi connectivity index (χ0) is 11.5. The molecule has 0 amide bonds. The van der Waals surface area contributed by atoms with Gasteiger partial charge in [0.05, 0.1) is 5.69 Å². The van der Waals surface area contributed by atoms with Crippen LogP contribution in [0.3, 0.4) is 0 Å². The fraction of sp³-hybridized carbons (Fsp3) is 0.154. The van der Waals surface area contributed by atoms with Gasteiger partial charge in [-0.2, -0.15) is 0 Å². The summed E-state index contributed by atoms with van der Waals surface area (Å²) in [5.41, 5.74) is 2.72. The van der Waals surface area contributed by atoms with Gasteiger partial charge in [-0.3, -0.25) is 4.98 Å². The van der Waals surface area contributed by atoms with E-state index in [2.05, 4.69) is 4.98 Å². The molecule has 0 aliphatic carbocycles. The smallest absolute Gasteiger partial charge is 0.153 e. The van der Waals surface area contributed by atoms with Crippen molar-refractivity contribution < 1.29 is 5.11 Å². The van der Waals surface area contributed by atoms with E-state index in [4.69, 9.17) is 11.6 Å². The number of alkyl halides is 1. The lowest BCUT2D eigenvalue weighted by molar-refractivity contribution is 0.263. The lowest BCUT2D eigenvalue weighted by Crippen LogP contribution is -1.91. The number of aryl methyl sites for hydroxylation is 1. The molecule has 0 aliphatic rings. The number of aromatic nitrogens is 1. The van der Waals surface area contributed by atoms with Gasteiger partial charge in [0.2, 0.25) is 0 Å². The van der Waals surface area contributed by atoms with Gasteiger partial charge in [-0.15, -0.1) is 0 Å². The second-order valence-electron chi connectivity index (χ2n) is 3.68. The Morgan fingerprint density at radius 1 is 1.19 bits per heavy atom. The predicted octanol–water partition coefficient (Wildman–Crippen LogP) is 3.29. The molecule has 0 spiro atoms. The SMILES string of the molecule is Cc1ccc(-c2cc(C(O)Cl)ccn2)cc1. The summed E-state index contributed by atoms with van der Waals surface area (Å²) in [6.07, 6.45) is 1.65. The van der Waals surface area contributed by atoms with E-state index in [1.165, 1.54) is 5.56 Å². The first-order valence-corrected chi connectivity index (χ1v) is 5.45. The van der Waals surface area contributed by atoms with E-state index in [-0.39, 0.29) is 0 Å². The van der Waals surface area contributed by atoms with Crippen LogP contribution in [0.5, 0.6) is 0 Å². The first-order valence-electron chi connectivity index (χ1n) is 5.02. The average molecular weight is 234 g/mol. The highest BCUT2D eigenvalue weighted by Gasteiger charge is 2.05. The number of benzene rings is 1. The number of hydrogen-bond donors (Lipinski definition) is 1. The molecule has 2 aromatic rings. The molecule has 0 bridgehead atoms. The molecule has 16 heavy (non-hydrogen) atoms. The normalized spacial score (nSPS) is 12.4. The Morgan fingerprint density at radius 2 is 1.88 bits per heavy atom. The average Bonchev–Trinajstić information content (AvgIpc) is 2.30. The molecule has 82 valence electrons. The lowest BCUT2D eigenvalue weighted by Gasteiger charge is -2.05. The zero-order valence-electron chi connectivity index (χ0n) is 8.89. The molecule has 1 N–H and O–H groups in total. The molecule has 1 aromatic heterocycles. The topological polar surface area (TPSA) is 33.1 Å². The fourth-order valence-electron chi connectivity index (χ4n) is 1.48. The Balaban J connectivity index is 2.40. The molecular weight excluding hydrogens is 222 g/mol. The third-order valence-corrected chi connectivity index (χ3v) is 2.66. The third kappa shape index (κ3) is 2.40. The molecule has 0 radical (unpaired) electrons. The quantitative estimate of drug-likeness (QED) is 0.808. The van der Waals surface area contributed by atoms with Gasteiger partial charge in [0.15, 0.2) is 5.56 Å². The summed E-state index contributed by atoms with van der Waals surface area (Å²) in [5.74, 6) is 0. The van der Waals surface area contributed by atoms with Crippen LogP contribution in [0.1, 0.15) is 16.7 Å². The number of aliphatic hydroxyl groups excluding tert-OH is 1. The Hall–Kier alpha value is -1.38. The van der Waals surface area contributed by atoms with Gasteiger partial charge in [-0.1, -0.05) is 41.4 Å². The van der Waals surface area contributed by atoms with Gasteiger partial charge in [0.1, 0.15) is 0 Å². The molecule has 2 rings (SSSR count). The molecule has 3 heteroatoms. The van der Waals surface area contributed by atoms with E-state index in [9.17, 15) is 5.11 Å². The number of halogens is 1. The predicted molar refractivity (Wildman–Crippen MR) is 65.2 cm³/mol. The molecule has 1 aromatic carbocycles. The highest BCUT2D eigenvalue weighted by atomic mass is 35.5. The first-order chi connectivity index (χ1) is 7.66. The summed E-state index contributed by atoms with van der Waals surface area (Å²) < 4.78 is 0. The molecule has 0 fully saturated rings. The molecule has 1 atom stereocenters. The van der Waals surface area contributed by atoms with Crippen molar-refractivity contribution >= 4 is 11.6 Å². The summed E-state index contributed by atoms with van der Waals surface area (Å²) in [5, 5.41) is 9.28. The number of aliphatic hydroxyl groups is 1. The third-order valence-electron chi connectivity index (χ3n) is 2.41. The first kappa shape index (κ1) is 11.1. The molecule has 2 nitrogen and oxygen atoms in total. The van der Waals surface area contributed by atoms with Crippen molar-refractivity contribution in [2.45, 2.75) is 12.5 Å². The van der Waals surface area contributed by atoms with Gasteiger partial charge < -0.3 is 5.11 Å². The highest BCUT2D eigenvalue weighted by molar-refractivity contribution is 6.19. The molecule has 1 heterocycles. The van der Waals surface area contributed by atoms with Crippen LogP contribution in [0.25, 0.3) is 11.3 Å². The van der Waals surface area contributed by atoms with Gasteiger partial charge in [0.25, 0.3) is 0 Å². The summed E-state index contributed by atoms with van der Waals surface area (Å²) in [4.78, 5) is 4.25. The molecule has 0 aliphatic heterocycles. The van der Waals surface area contributed by atoms with E-state index in [1.54, 1.807) is 18.3 Å². The van der Waals surface area contributed by atoms with Crippen LogP contribution in [0, 0.1) is 6.92 Å². The summed E-state index contributed by atoms with van der Waals surface area (Å²) in [7, 11) is 0. The number of pyridine rings is 1. The summed E-state index contributed by atoms with van der Waals surface area (Å²) in [6, 6.07) is 11.6. The summed E-state index contributed by atoms with van der Waals surface area (Å²) in [6.45, 7) is 2.04. The highest BCUT2D eigenvalue weighted by Crippen LogP contribution is 2.22. The number of hydrogen-bond acceptors (Lipinski definition) is 2.